The van der Waals surface area contributed by atoms with Crippen LogP contribution in [0.15, 0.2) is 30.5 Å². The Labute approximate surface area is 173 Å². The predicted octanol–water partition coefficient (Wildman–Crippen LogP) is 3.09. The summed E-state index contributed by atoms with van der Waals surface area (Å²) in [4.78, 5) is 31.8. The molecule has 0 unspecified atom stereocenters. The van der Waals surface area contributed by atoms with Gasteiger partial charge in [-0.2, -0.15) is 0 Å². The molecule has 1 aliphatic rings. The molecule has 1 aromatic rings. The topological polar surface area (TPSA) is 72.0 Å². The Morgan fingerprint density at radius 1 is 1.33 bits per heavy atom. The second-order valence-corrected chi connectivity index (χ2v) is 8.42. The number of carbonyl (C=O) groups is 2. The van der Waals surface area contributed by atoms with Crippen LogP contribution in [0.25, 0.3) is 0 Å². The first kappa shape index (κ1) is 21.5. The number of hydrogen-bond acceptors (Lipinski definition) is 5. The number of amides is 2. The van der Waals surface area contributed by atoms with Gasteiger partial charge in [-0.15, -0.1) is 0 Å². The molecule has 1 fully saturated rings. The molecule has 0 aromatic carbocycles. The monoisotopic (exact) mass is 487 g/mol. The average Bonchev–Trinajstić information content (AvgIpc) is 2.52. The van der Waals surface area contributed by atoms with Crippen molar-refractivity contribution >= 4 is 34.6 Å². The number of hydrogen-bond donors (Lipinski definition) is 0. The molecule has 2 heterocycles. The summed E-state index contributed by atoms with van der Waals surface area (Å²) >= 11 is 2.17. The molecule has 27 heavy (non-hydrogen) atoms. The zero-order chi connectivity index (χ0) is 19.9. The van der Waals surface area contributed by atoms with Crippen molar-refractivity contribution in [2.75, 3.05) is 32.8 Å². The van der Waals surface area contributed by atoms with Gasteiger partial charge in [0, 0.05) is 41.5 Å². The van der Waals surface area contributed by atoms with Crippen LogP contribution in [0.1, 0.15) is 27.2 Å². The fourth-order valence-electron chi connectivity index (χ4n) is 2.21. The third-order valence-corrected chi connectivity index (χ3v) is 4.36. The number of likely N-dealkylation sites (tertiary alicyclic amines) is 1. The lowest BCUT2D eigenvalue weighted by Crippen LogP contribution is -2.41. The van der Waals surface area contributed by atoms with Crippen molar-refractivity contribution in [1.29, 1.82) is 0 Å². The van der Waals surface area contributed by atoms with E-state index in [0.717, 1.165) is 23.1 Å². The van der Waals surface area contributed by atoms with E-state index in [-0.39, 0.29) is 19.1 Å². The molecule has 2 amide bonds. The largest absolute Gasteiger partial charge is 0.476 e. The Balaban J connectivity index is 1.89. The lowest BCUT2D eigenvalue weighted by atomic mass is 10.2. The SMILES string of the molecule is CC(C)(C)OC(=O)N(C/C=C/C(=O)N1CCC1)CCOc1ccc(I)cn1. The highest BCUT2D eigenvalue weighted by Crippen LogP contribution is 2.12. The van der Waals surface area contributed by atoms with Crippen LogP contribution in [-0.2, 0) is 9.53 Å². The van der Waals surface area contributed by atoms with E-state index in [1.165, 1.54) is 11.0 Å². The molecule has 1 aromatic heterocycles. The molecule has 0 aliphatic carbocycles. The van der Waals surface area contributed by atoms with E-state index in [2.05, 4.69) is 27.6 Å². The predicted molar refractivity (Wildman–Crippen MR) is 111 cm³/mol. The van der Waals surface area contributed by atoms with Gasteiger partial charge >= 0.3 is 6.09 Å². The summed E-state index contributed by atoms with van der Waals surface area (Å²) in [6.45, 7) is 7.93. The zero-order valence-electron chi connectivity index (χ0n) is 16.0. The summed E-state index contributed by atoms with van der Waals surface area (Å²) in [5.41, 5.74) is -0.592. The third-order valence-electron chi connectivity index (χ3n) is 3.72. The van der Waals surface area contributed by atoms with E-state index < -0.39 is 11.7 Å². The highest BCUT2D eigenvalue weighted by atomic mass is 127. The molecule has 0 saturated carbocycles. The van der Waals surface area contributed by atoms with Gasteiger partial charge in [0.25, 0.3) is 0 Å². The lowest BCUT2D eigenvalue weighted by molar-refractivity contribution is -0.129. The Bertz CT molecular complexity index is 667. The van der Waals surface area contributed by atoms with Crippen LogP contribution in [0.5, 0.6) is 5.88 Å². The first-order chi connectivity index (χ1) is 12.7. The summed E-state index contributed by atoms with van der Waals surface area (Å²) in [6.07, 6.45) is 5.52. The second-order valence-electron chi connectivity index (χ2n) is 7.17. The minimum Gasteiger partial charge on any atom is -0.476 e. The van der Waals surface area contributed by atoms with Gasteiger partial charge in [-0.05, 0) is 55.8 Å². The van der Waals surface area contributed by atoms with Gasteiger partial charge < -0.3 is 19.3 Å². The second kappa shape index (κ2) is 9.91. The molecule has 0 spiro atoms. The van der Waals surface area contributed by atoms with Crippen molar-refractivity contribution < 1.29 is 19.1 Å². The smallest absolute Gasteiger partial charge is 0.410 e. The summed E-state index contributed by atoms with van der Waals surface area (Å²) < 4.78 is 12.1. The van der Waals surface area contributed by atoms with Crippen molar-refractivity contribution in [1.82, 2.24) is 14.8 Å². The first-order valence-electron chi connectivity index (χ1n) is 8.92. The standard InChI is InChI=1S/C19H26IN3O4/c1-19(2,3)27-18(25)23(9-4-6-17(24)22-10-5-11-22)12-13-26-16-8-7-15(20)14-21-16/h4,6-8,14H,5,9-13H2,1-3H3/b6-4+. The van der Waals surface area contributed by atoms with Crippen LogP contribution in [0, 0.1) is 3.57 Å². The van der Waals surface area contributed by atoms with Gasteiger partial charge in [0.05, 0.1) is 6.54 Å². The van der Waals surface area contributed by atoms with Gasteiger partial charge in [0.15, 0.2) is 0 Å². The van der Waals surface area contributed by atoms with Crippen LogP contribution in [-0.4, -0.2) is 65.2 Å². The molecular weight excluding hydrogens is 461 g/mol. The van der Waals surface area contributed by atoms with E-state index >= 15 is 0 Å². The van der Waals surface area contributed by atoms with Crippen LogP contribution >= 0.6 is 22.6 Å². The van der Waals surface area contributed by atoms with E-state index in [0.29, 0.717) is 12.4 Å². The zero-order valence-corrected chi connectivity index (χ0v) is 18.1. The highest BCUT2D eigenvalue weighted by molar-refractivity contribution is 14.1. The lowest BCUT2D eigenvalue weighted by Gasteiger charge is -2.30. The van der Waals surface area contributed by atoms with Crippen LogP contribution < -0.4 is 4.74 Å². The van der Waals surface area contributed by atoms with E-state index in [9.17, 15) is 9.59 Å². The van der Waals surface area contributed by atoms with Gasteiger partial charge in [0.2, 0.25) is 11.8 Å². The van der Waals surface area contributed by atoms with Crippen molar-refractivity contribution in [3.05, 3.63) is 34.1 Å². The Kier molecular flexibility index (Phi) is 7.88. The summed E-state index contributed by atoms with van der Waals surface area (Å²) in [5, 5.41) is 0. The maximum absolute atomic E-state index is 12.4. The number of aromatic nitrogens is 1. The van der Waals surface area contributed by atoms with Gasteiger partial charge in [-0.3, -0.25) is 4.79 Å². The van der Waals surface area contributed by atoms with E-state index in [1.54, 1.807) is 23.2 Å². The molecule has 1 aliphatic heterocycles. The van der Waals surface area contributed by atoms with Gasteiger partial charge in [0.1, 0.15) is 12.2 Å². The Morgan fingerprint density at radius 3 is 2.63 bits per heavy atom. The van der Waals surface area contributed by atoms with Crippen molar-refractivity contribution in [3.63, 3.8) is 0 Å². The number of halogens is 1. The minimum absolute atomic E-state index is 0.0234. The fraction of sp³-hybridized carbons (Fsp3) is 0.526. The number of nitrogens with zero attached hydrogens (tertiary/aromatic N) is 3. The molecule has 0 N–H and O–H groups in total. The van der Waals surface area contributed by atoms with Crippen molar-refractivity contribution in [2.24, 2.45) is 0 Å². The number of ether oxygens (including phenoxy) is 2. The quantitative estimate of drug-likeness (QED) is 0.437. The van der Waals surface area contributed by atoms with E-state index in [1.807, 2.05) is 26.8 Å². The van der Waals surface area contributed by atoms with E-state index in [4.69, 9.17) is 9.47 Å². The van der Waals surface area contributed by atoms with Gasteiger partial charge in [-0.1, -0.05) is 6.08 Å². The molecule has 0 bridgehead atoms. The third kappa shape index (κ3) is 7.74. The molecule has 1 saturated heterocycles. The van der Waals surface area contributed by atoms with Crippen LogP contribution in [0.3, 0.4) is 0 Å². The van der Waals surface area contributed by atoms with Crippen molar-refractivity contribution in [2.45, 2.75) is 32.8 Å². The summed E-state index contributed by atoms with van der Waals surface area (Å²) in [6, 6.07) is 3.68. The number of rotatable bonds is 7. The molecule has 148 valence electrons. The fourth-order valence-corrected chi connectivity index (χ4v) is 2.53. The molecule has 2 rings (SSSR count). The molecule has 8 heteroatoms. The molecule has 0 atom stereocenters. The molecular formula is C19H26IN3O4. The summed E-state index contributed by atoms with van der Waals surface area (Å²) in [5.74, 6) is 0.479. The van der Waals surface area contributed by atoms with Crippen molar-refractivity contribution in [3.8, 4) is 5.88 Å². The first-order valence-corrected chi connectivity index (χ1v) is 10.0. The maximum atomic E-state index is 12.4. The Morgan fingerprint density at radius 2 is 2.07 bits per heavy atom. The normalized spacial score (nSPS) is 14.0. The minimum atomic E-state index is -0.592. The van der Waals surface area contributed by atoms with Crippen LogP contribution in [0.4, 0.5) is 4.79 Å². The van der Waals surface area contributed by atoms with Gasteiger partial charge in [-0.25, -0.2) is 9.78 Å². The molecule has 7 nitrogen and oxygen atoms in total. The number of carbonyl (C=O) groups excluding carboxylic acids is 2. The number of pyridine rings is 1. The highest BCUT2D eigenvalue weighted by Gasteiger charge is 2.22. The maximum Gasteiger partial charge on any atom is 0.410 e. The Hall–Kier alpha value is -1.84. The average molecular weight is 487 g/mol. The van der Waals surface area contributed by atoms with Crippen LogP contribution in [0.2, 0.25) is 0 Å². The molecule has 0 radical (unpaired) electrons. The summed E-state index contributed by atoms with van der Waals surface area (Å²) in [7, 11) is 0.